The third kappa shape index (κ3) is 2.89. The number of rotatable bonds is 4. The molecule has 0 saturated heterocycles. The maximum absolute atomic E-state index is 11.1. The average molecular weight is 156 g/mol. The number of hydrogen-bond acceptors (Lipinski definition) is 2. The minimum atomic E-state index is 0.214. The Hall–Kier alpha value is -0.570. The topological polar surface area (TPSA) is 55.1 Å². The highest BCUT2D eigenvalue weighted by atomic mass is 16.2. The fourth-order valence-corrected chi connectivity index (χ4v) is 1.03. The van der Waals surface area contributed by atoms with Crippen molar-refractivity contribution in [2.24, 2.45) is 11.7 Å². The van der Waals surface area contributed by atoms with Crippen LogP contribution in [-0.4, -0.2) is 18.5 Å². The van der Waals surface area contributed by atoms with Gasteiger partial charge in [-0.2, -0.15) is 0 Å². The lowest BCUT2D eigenvalue weighted by molar-refractivity contribution is -0.122. The highest BCUT2D eigenvalue weighted by molar-refractivity contribution is 5.81. The van der Waals surface area contributed by atoms with E-state index in [1.165, 1.54) is 0 Å². The molecule has 1 unspecified atom stereocenters. The summed E-state index contributed by atoms with van der Waals surface area (Å²) in [6, 6.07) is 0.244. The lowest BCUT2D eigenvalue weighted by atomic mass is 10.2. The molecular formula is C8H16N2O. The predicted octanol–water partition coefficient (Wildman–Crippen LogP) is 0.250. The second-order valence-corrected chi connectivity index (χ2v) is 3.26. The molecular weight excluding hydrogens is 140 g/mol. The number of nitrogens with one attached hydrogen (secondary N) is 1. The van der Waals surface area contributed by atoms with Gasteiger partial charge in [0, 0.05) is 12.0 Å². The molecule has 1 fully saturated rings. The molecule has 64 valence electrons. The van der Waals surface area contributed by atoms with Crippen LogP contribution in [0.3, 0.4) is 0 Å². The molecule has 0 radical (unpaired) electrons. The molecule has 3 nitrogen and oxygen atoms in total. The van der Waals surface area contributed by atoms with Crippen molar-refractivity contribution in [3.05, 3.63) is 0 Å². The van der Waals surface area contributed by atoms with Crippen LogP contribution in [0.5, 0.6) is 0 Å². The third-order valence-corrected chi connectivity index (χ3v) is 1.94. The molecule has 1 amide bonds. The Kier molecular flexibility index (Phi) is 2.88. The van der Waals surface area contributed by atoms with E-state index >= 15 is 0 Å². The van der Waals surface area contributed by atoms with Gasteiger partial charge in [0.2, 0.25) is 5.91 Å². The quantitative estimate of drug-likeness (QED) is 0.613. The maximum atomic E-state index is 11.1. The predicted molar refractivity (Wildman–Crippen MR) is 44.0 cm³/mol. The van der Waals surface area contributed by atoms with Crippen LogP contribution in [0, 0.1) is 5.92 Å². The molecule has 1 atom stereocenters. The summed E-state index contributed by atoms with van der Waals surface area (Å²) < 4.78 is 0. The van der Waals surface area contributed by atoms with Gasteiger partial charge in [0.15, 0.2) is 0 Å². The number of carbonyl (C=O) groups excluding carboxylic acids is 1. The molecule has 0 heterocycles. The van der Waals surface area contributed by atoms with Gasteiger partial charge in [-0.15, -0.1) is 0 Å². The van der Waals surface area contributed by atoms with Gasteiger partial charge in [-0.1, -0.05) is 0 Å². The first-order chi connectivity index (χ1) is 5.24. The summed E-state index contributed by atoms with van der Waals surface area (Å²) in [5, 5.41) is 2.92. The van der Waals surface area contributed by atoms with E-state index in [0.29, 0.717) is 12.5 Å². The summed E-state index contributed by atoms with van der Waals surface area (Å²) in [6.45, 7) is 2.64. The SMILES string of the molecule is CC(CCN)NC(=O)C1CC1. The van der Waals surface area contributed by atoms with Gasteiger partial charge in [-0.3, -0.25) is 4.79 Å². The van der Waals surface area contributed by atoms with Crippen LogP contribution in [0.15, 0.2) is 0 Å². The second kappa shape index (κ2) is 3.72. The number of amides is 1. The van der Waals surface area contributed by atoms with Gasteiger partial charge in [-0.25, -0.2) is 0 Å². The first kappa shape index (κ1) is 8.53. The zero-order valence-corrected chi connectivity index (χ0v) is 6.97. The first-order valence-electron chi connectivity index (χ1n) is 4.24. The Morgan fingerprint density at radius 2 is 2.36 bits per heavy atom. The fraction of sp³-hybridized carbons (Fsp3) is 0.875. The fourth-order valence-electron chi connectivity index (χ4n) is 1.03. The Bertz CT molecular complexity index is 143. The zero-order chi connectivity index (χ0) is 8.27. The van der Waals surface area contributed by atoms with Gasteiger partial charge in [0.05, 0.1) is 0 Å². The number of nitrogens with two attached hydrogens (primary N) is 1. The summed E-state index contributed by atoms with van der Waals surface area (Å²) in [6.07, 6.45) is 3.01. The van der Waals surface area contributed by atoms with Crippen LogP contribution in [0.25, 0.3) is 0 Å². The number of carbonyl (C=O) groups is 1. The Balaban J connectivity index is 2.12. The Morgan fingerprint density at radius 3 is 2.82 bits per heavy atom. The monoisotopic (exact) mass is 156 g/mol. The van der Waals surface area contributed by atoms with E-state index in [0.717, 1.165) is 19.3 Å². The van der Waals surface area contributed by atoms with Gasteiger partial charge in [-0.05, 0) is 32.7 Å². The summed E-state index contributed by atoms with van der Waals surface area (Å²) in [5.74, 6) is 0.529. The largest absolute Gasteiger partial charge is 0.353 e. The van der Waals surface area contributed by atoms with Crippen molar-refractivity contribution in [3.63, 3.8) is 0 Å². The molecule has 0 aromatic rings. The minimum absolute atomic E-state index is 0.214. The lowest BCUT2D eigenvalue weighted by Gasteiger charge is -2.11. The van der Waals surface area contributed by atoms with Gasteiger partial charge < -0.3 is 11.1 Å². The molecule has 0 aliphatic heterocycles. The number of hydrogen-bond donors (Lipinski definition) is 2. The first-order valence-corrected chi connectivity index (χ1v) is 4.24. The van der Waals surface area contributed by atoms with E-state index in [-0.39, 0.29) is 11.9 Å². The van der Waals surface area contributed by atoms with Gasteiger partial charge in [0.25, 0.3) is 0 Å². The van der Waals surface area contributed by atoms with E-state index in [9.17, 15) is 4.79 Å². The lowest BCUT2D eigenvalue weighted by Crippen LogP contribution is -2.34. The van der Waals surface area contributed by atoms with Crippen molar-refractivity contribution < 1.29 is 4.79 Å². The van der Waals surface area contributed by atoms with E-state index in [1.807, 2.05) is 6.92 Å². The van der Waals surface area contributed by atoms with Crippen LogP contribution < -0.4 is 11.1 Å². The van der Waals surface area contributed by atoms with Gasteiger partial charge in [0.1, 0.15) is 0 Å². The third-order valence-electron chi connectivity index (χ3n) is 1.94. The average Bonchev–Trinajstić information content (AvgIpc) is 2.67. The van der Waals surface area contributed by atoms with Crippen molar-refractivity contribution in [2.45, 2.75) is 32.2 Å². The Morgan fingerprint density at radius 1 is 1.73 bits per heavy atom. The highest BCUT2D eigenvalue weighted by Crippen LogP contribution is 2.28. The van der Waals surface area contributed by atoms with Crippen molar-refractivity contribution >= 4 is 5.91 Å². The molecule has 0 aromatic heterocycles. The van der Waals surface area contributed by atoms with E-state index in [1.54, 1.807) is 0 Å². The summed E-state index contributed by atoms with van der Waals surface area (Å²) in [5.41, 5.74) is 5.35. The standard InChI is InChI=1S/C8H16N2O/c1-6(4-5-9)10-8(11)7-2-3-7/h6-7H,2-5,9H2,1H3,(H,10,11). The minimum Gasteiger partial charge on any atom is -0.353 e. The summed E-state index contributed by atoms with van der Waals surface area (Å²) in [4.78, 5) is 11.1. The molecule has 3 heteroatoms. The van der Waals surface area contributed by atoms with E-state index in [4.69, 9.17) is 5.73 Å². The zero-order valence-electron chi connectivity index (χ0n) is 6.97. The molecule has 1 aliphatic rings. The van der Waals surface area contributed by atoms with Crippen molar-refractivity contribution in [1.29, 1.82) is 0 Å². The molecule has 1 rings (SSSR count). The second-order valence-electron chi connectivity index (χ2n) is 3.26. The van der Waals surface area contributed by atoms with Crippen molar-refractivity contribution in [2.75, 3.05) is 6.54 Å². The summed E-state index contributed by atoms with van der Waals surface area (Å²) >= 11 is 0. The normalized spacial score (nSPS) is 19.5. The van der Waals surface area contributed by atoms with E-state index in [2.05, 4.69) is 5.32 Å². The van der Waals surface area contributed by atoms with Crippen LogP contribution >= 0.6 is 0 Å². The molecule has 1 aliphatic carbocycles. The smallest absolute Gasteiger partial charge is 0.223 e. The van der Waals surface area contributed by atoms with Crippen LogP contribution in [-0.2, 0) is 4.79 Å². The molecule has 1 saturated carbocycles. The van der Waals surface area contributed by atoms with Crippen LogP contribution in [0.2, 0.25) is 0 Å². The molecule has 3 N–H and O–H groups in total. The highest BCUT2D eigenvalue weighted by Gasteiger charge is 2.29. The van der Waals surface area contributed by atoms with E-state index < -0.39 is 0 Å². The van der Waals surface area contributed by atoms with Crippen molar-refractivity contribution in [3.8, 4) is 0 Å². The molecule has 11 heavy (non-hydrogen) atoms. The van der Waals surface area contributed by atoms with Crippen LogP contribution in [0.1, 0.15) is 26.2 Å². The van der Waals surface area contributed by atoms with Crippen LogP contribution in [0.4, 0.5) is 0 Å². The maximum Gasteiger partial charge on any atom is 0.223 e. The van der Waals surface area contributed by atoms with Crippen molar-refractivity contribution in [1.82, 2.24) is 5.32 Å². The molecule has 0 spiro atoms. The molecule has 0 aromatic carbocycles. The molecule has 0 bridgehead atoms. The van der Waals surface area contributed by atoms with Gasteiger partial charge >= 0.3 is 0 Å². The Labute approximate surface area is 67.3 Å². The summed E-state index contributed by atoms with van der Waals surface area (Å²) in [7, 11) is 0.